The topological polar surface area (TPSA) is 32.3 Å². The summed E-state index contributed by atoms with van der Waals surface area (Å²) in [7, 11) is 0. The molecule has 2 N–H and O–H groups in total. The smallest absolute Gasteiger partial charge is 0.0524 e. The molecule has 0 aliphatic rings. The van der Waals surface area contributed by atoms with Gasteiger partial charge in [0.1, 0.15) is 0 Å². The summed E-state index contributed by atoms with van der Waals surface area (Å²) >= 11 is 0. The first-order valence-electron chi connectivity index (χ1n) is 4.27. The minimum Gasteiger partial charge on any atom is -0.393 e. The summed E-state index contributed by atoms with van der Waals surface area (Å²) in [6.45, 7) is 7.39. The molecule has 0 spiro atoms. The van der Waals surface area contributed by atoms with Gasteiger partial charge in [-0.15, -0.1) is 6.58 Å². The van der Waals surface area contributed by atoms with Crippen molar-refractivity contribution in [3.63, 3.8) is 0 Å². The molecule has 2 nitrogen and oxygen atoms in total. The Bertz CT molecular complexity index is 91.6. The Morgan fingerprint density at radius 3 is 2.82 bits per heavy atom. The first kappa shape index (κ1) is 10.7. The van der Waals surface area contributed by atoms with E-state index < -0.39 is 0 Å². The fourth-order valence-electron chi connectivity index (χ4n) is 0.807. The Morgan fingerprint density at radius 2 is 2.27 bits per heavy atom. The van der Waals surface area contributed by atoms with Crippen LogP contribution in [0.5, 0.6) is 0 Å². The van der Waals surface area contributed by atoms with Gasteiger partial charge in [-0.05, 0) is 39.3 Å². The summed E-state index contributed by atoms with van der Waals surface area (Å²) in [4.78, 5) is 0. The minimum atomic E-state index is -0.179. The lowest BCUT2D eigenvalue weighted by molar-refractivity contribution is 0.184. The number of nitrogens with one attached hydrogen (secondary N) is 1. The molecule has 0 bridgehead atoms. The molecule has 66 valence electrons. The lowest BCUT2D eigenvalue weighted by Gasteiger charge is -2.04. The van der Waals surface area contributed by atoms with E-state index in [1.165, 1.54) is 0 Å². The first-order valence-corrected chi connectivity index (χ1v) is 4.27. The molecule has 0 aromatic heterocycles. The van der Waals surface area contributed by atoms with E-state index in [-0.39, 0.29) is 6.10 Å². The quantitative estimate of drug-likeness (QED) is 0.431. The van der Waals surface area contributed by atoms with E-state index in [0.29, 0.717) is 0 Å². The summed E-state index contributed by atoms with van der Waals surface area (Å²) in [6.07, 6.45) is 4.80. The van der Waals surface area contributed by atoms with Gasteiger partial charge in [0.25, 0.3) is 0 Å². The van der Waals surface area contributed by atoms with Crippen molar-refractivity contribution in [2.24, 2.45) is 0 Å². The Hall–Kier alpha value is -0.340. The number of rotatable bonds is 7. The molecule has 11 heavy (non-hydrogen) atoms. The molecular weight excluding hydrogens is 138 g/mol. The predicted octanol–water partition coefficient (Wildman–Crippen LogP) is 1.31. The average Bonchev–Trinajstić information content (AvgIpc) is 1.96. The summed E-state index contributed by atoms with van der Waals surface area (Å²) in [5.41, 5.74) is 0. The van der Waals surface area contributed by atoms with Crippen molar-refractivity contribution in [3.8, 4) is 0 Å². The Balaban J connectivity index is 2.85. The molecule has 0 fully saturated rings. The molecule has 0 rings (SSSR count). The van der Waals surface area contributed by atoms with Crippen molar-refractivity contribution in [2.75, 3.05) is 13.1 Å². The van der Waals surface area contributed by atoms with Crippen molar-refractivity contribution in [1.29, 1.82) is 0 Å². The summed E-state index contributed by atoms with van der Waals surface area (Å²) in [5.74, 6) is 0. The molecule has 0 heterocycles. The standard InChI is InChI=1S/C9H19NO/c1-3-4-5-7-10-8-6-9(2)11/h3,9-11H,1,4-8H2,2H3. The second-order valence-corrected chi connectivity index (χ2v) is 2.82. The van der Waals surface area contributed by atoms with E-state index in [1.807, 2.05) is 13.0 Å². The predicted molar refractivity (Wildman–Crippen MR) is 48.6 cm³/mol. The highest BCUT2D eigenvalue weighted by Gasteiger charge is 1.92. The molecule has 0 saturated heterocycles. The van der Waals surface area contributed by atoms with Gasteiger partial charge >= 0.3 is 0 Å². The fraction of sp³-hybridized carbons (Fsp3) is 0.778. The lowest BCUT2D eigenvalue weighted by Crippen LogP contribution is -2.19. The number of aliphatic hydroxyl groups excluding tert-OH is 1. The molecule has 1 unspecified atom stereocenters. The number of aliphatic hydroxyl groups is 1. The van der Waals surface area contributed by atoms with Gasteiger partial charge in [-0.3, -0.25) is 0 Å². The van der Waals surface area contributed by atoms with Crippen LogP contribution in [0.3, 0.4) is 0 Å². The van der Waals surface area contributed by atoms with Gasteiger partial charge in [0.05, 0.1) is 6.10 Å². The molecule has 0 aromatic rings. The van der Waals surface area contributed by atoms with E-state index >= 15 is 0 Å². The van der Waals surface area contributed by atoms with Crippen LogP contribution in [-0.4, -0.2) is 24.3 Å². The van der Waals surface area contributed by atoms with Crippen LogP contribution in [0.1, 0.15) is 26.2 Å². The molecular formula is C9H19NO. The highest BCUT2D eigenvalue weighted by atomic mass is 16.3. The van der Waals surface area contributed by atoms with Crippen LogP contribution in [0.25, 0.3) is 0 Å². The fourth-order valence-corrected chi connectivity index (χ4v) is 0.807. The minimum absolute atomic E-state index is 0.179. The van der Waals surface area contributed by atoms with E-state index in [4.69, 9.17) is 5.11 Å². The second-order valence-electron chi connectivity index (χ2n) is 2.82. The molecule has 0 aliphatic heterocycles. The molecule has 0 aliphatic carbocycles. The maximum Gasteiger partial charge on any atom is 0.0524 e. The maximum absolute atomic E-state index is 8.90. The van der Waals surface area contributed by atoms with E-state index in [2.05, 4.69) is 11.9 Å². The van der Waals surface area contributed by atoms with E-state index in [9.17, 15) is 0 Å². The molecule has 2 heteroatoms. The third kappa shape index (κ3) is 9.66. The van der Waals surface area contributed by atoms with Crippen molar-refractivity contribution in [1.82, 2.24) is 5.32 Å². The average molecular weight is 157 g/mol. The van der Waals surface area contributed by atoms with Gasteiger partial charge in [-0.2, -0.15) is 0 Å². The van der Waals surface area contributed by atoms with Crippen LogP contribution in [0.4, 0.5) is 0 Å². The Kier molecular flexibility index (Phi) is 7.52. The van der Waals surface area contributed by atoms with Crippen LogP contribution in [0.2, 0.25) is 0 Å². The van der Waals surface area contributed by atoms with Gasteiger partial charge in [-0.1, -0.05) is 6.08 Å². The number of unbranched alkanes of at least 4 members (excludes halogenated alkanes) is 1. The molecule has 1 atom stereocenters. The second kappa shape index (κ2) is 7.76. The SMILES string of the molecule is C=CCCCNCCC(C)O. The van der Waals surface area contributed by atoms with Gasteiger partial charge in [0.15, 0.2) is 0 Å². The van der Waals surface area contributed by atoms with Crippen LogP contribution in [0.15, 0.2) is 12.7 Å². The highest BCUT2D eigenvalue weighted by Crippen LogP contribution is 1.88. The maximum atomic E-state index is 8.90. The zero-order valence-corrected chi connectivity index (χ0v) is 7.34. The van der Waals surface area contributed by atoms with Gasteiger partial charge in [0, 0.05) is 0 Å². The molecule has 0 radical (unpaired) electrons. The molecule has 0 saturated carbocycles. The Labute approximate surface area is 69.3 Å². The van der Waals surface area contributed by atoms with Crippen LogP contribution < -0.4 is 5.32 Å². The molecule has 0 aromatic carbocycles. The zero-order chi connectivity index (χ0) is 8.53. The van der Waals surface area contributed by atoms with Gasteiger partial charge in [0.2, 0.25) is 0 Å². The number of hydrogen-bond acceptors (Lipinski definition) is 2. The first-order chi connectivity index (χ1) is 5.27. The third-order valence-electron chi connectivity index (χ3n) is 1.50. The van der Waals surface area contributed by atoms with Gasteiger partial charge in [-0.25, -0.2) is 0 Å². The van der Waals surface area contributed by atoms with Crippen molar-refractivity contribution in [2.45, 2.75) is 32.3 Å². The van der Waals surface area contributed by atoms with E-state index in [0.717, 1.165) is 32.4 Å². The van der Waals surface area contributed by atoms with Gasteiger partial charge < -0.3 is 10.4 Å². The molecule has 0 amide bonds. The number of hydrogen-bond donors (Lipinski definition) is 2. The summed E-state index contributed by atoms with van der Waals surface area (Å²) < 4.78 is 0. The van der Waals surface area contributed by atoms with Crippen LogP contribution in [0, 0.1) is 0 Å². The third-order valence-corrected chi connectivity index (χ3v) is 1.50. The monoisotopic (exact) mass is 157 g/mol. The Morgan fingerprint density at radius 1 is 1.55 bits per heavy atom. The number of allylic oxidation sites excluding steroid dienone is 1. The van der Waals surface area contributed by atoms with Crippen molar-refractivity contribution in [3.05, 3.63) is 12.7 Å². The largest absolute Gasteiger partial charge is 0.393 e. The van der Waals surface area contributed by atoms with Crippen molar-refractivity contribution < 1.29 is 5.11 Å². The van der Waals surface area contributed by atoms with E-state index in [1.54, 1.807) is 0 Å². The summed E-state index contributed by atoms with van der Waals surface area (Å²) in [5, 5.41) is 12.1. The summed E-state index contributed by atoms with van der Waals surface area (Å²) in [6, 6.07) is 0. The lowest BCUT2D eigenvalue weighted by atomic mass is 10.2. The van der Waals surface area contributed by atoms with Crippen LogP contribution >= 0.6 is 0 Å². The zero-order valence-electron chi connectivity index (χ0n) is 7.34. The normalized spacial score (nSPS) is 12.9. The van der Waals surface area contributed by atoms with Crippen molar-refractivity contribution >= 4 is 0 Å². The van der Waals surface area contributed by atoms with Crippen LogP contribution in [-0.2, 0) is 0 Å². The highest BCUT2D eigenvalue weighted by molar-refractivity contribution is 4.66.